The van der Waals surface area contributed by atoms with Crippen LogP contribution in [-0.2, 0) is 23.9 Å². The molecule has 5 aliphatic rings. The molecule has 33 heteroatoms. The van der Waals surface area contributed by atoms with Crippen LogP contribution in [0.3, 0.4) is 0 Å². The monoisotopic (exact) mass is 1720 g/mol. The second kappa shape index (κ2) is 35.8. The van der Waals surface area contributed by atoms with E-state index < -0.39 is 36.5 Å². The highest BCUT2D eigenvalue weighted by Crippen LogP contribution is 2.47. The van der Waals surface area contributed by atoms with Gasteiger partial charge in [-0.05, 0) is 156 Å². The first-order chi connectivity index (χ1) is 58.9. The molecule has 620 valence electrons. The van der Waals surface area contributed by atoms with E-state index in [4.69, 9.17) is 43.1 Å². The van der Waals surface area contributed by atoms with Gasteiger partial charge in [0.25, 0.3) is 0 Å². The lowest BCUT2D eigenvalue weighted by Gasteiger charge is -2.27. The molecule has 0 bridgehead atoms. The summed E-state index contributed by atoms with van der Waals surface area (Å²) in [5.74, 6) is 2.30. The largest absolute Gasteiger partial charge is 0.378 e. The number of alkyl halides is 2. The number of hydrogen-bond donors (Lipinski definition) is 0. The second-order valence-corrected chi connectivity index (χ2v) is 35.3. The first-order valence-corrected chi connectivity index (χ1v) is 42.7. The van der Waals surface area contributed by atoms with Crippen LogP contribution < -0.4 is 0 Å². The molecular formula is C90H82F2N22O5S4. The number of rotatable bonds is 15. The Morgan fingerprint density at radius 2 is 0.756 bits per heavy atom. The molecule has 0 radical (unpaired) electrons. The summed E-state index contributed by atoms with van der Waals surface area (Å²) in [6.07, 6.45) is -0.0867. The molecule has 4 atom stereocenters. The van der Waals surface area contributed by atoms with Crippen molar-refractivity contribution in [1.82, 2.24) is 64.0 Å². The fourth-order valence-electron chi connectivity index (χ4n) is 15.2. The summed E-state index contributed by atoms with van der Waals surface area (Å²) >= 11 is 6.46. The van der Waals surface area contributed by atoms with Crippen molar-refractivity contribution in [2.24, 2.45) is 20.0 Å². The number of benzene rings is 4. The maximum atomic E-state index is 13.3. The Morgan fingerprint density at radius 3 is 1.07 bits per heavy atom. The smallest absolute Gasteiger partial charge is 0.245 e. The van der Waals surface area contributed by atoms with Crippen molar-refractivity contribution < 1.29 is 32.7 Å². The number of fused-ring (bicyclic) bond motifs is 12. The number of nitrogens with zero attached hydrogens (tertiary/aromatic N) is 22. The van der Waals surface area contributed by atoms with Gasteiger partial charge in [-0.15, -0.1) is 86.1 Å². The molecule has 5 aliphatic heterocycles. The minimum atomic E-state index is -2.90. The van der Waals surface area contributed by atoms with Crippen LogP contribution in [0.5, 0.6) is 0 Å². The number of ketones is 3. The average molecular weight is 1720 g/mol. The normalized spacial score (nSPS) is 15.8. The predicted molar refractivity (Wildman–Crippen MR) is 467 cm³/mol. The molecule has 0 N–H and O–H groups in total. The fourth-order valence-corrected chi connectivity index (χ4v) is 20.0. The van der Waals surface area contributed by atoms with Gasteiger partial charge in [0.2, 0.25) is 17.5 Å². The summed E-state index contributed by atoms with van der Waals surface area (Å²) in [6, 6.07) is 33.6. The topological polar surface area (TPSA) is 333 Å². The summed E-state index contributed by atoms with van der Waals surface area (Å²) in [7, 11) is 0. The molecule has 0 aliphatic carbocycles. The van der Waals surface area contributed by atoms with E-state index in [1.807, 2.05) is 116 Å². The Kier molecular flexibility index (Phi) is 25.0. The molecule has 0 saturated carbocycles. The van der Waals surface area contributed by atoms with Gasteiger partial charge in [-0.3, -0.25) is 57.4 Å². The number of thiophene rings is 4. The Balaban J connectivity index is 0.000000134. The third-order valence-electron chi connectivity index (χ3n) is 21.8. The Hall–Kier alpha value is -13.3. The Bertz CT molecular complexity index is 6570. The standard InChI is InChI=1S/C24H23F2N5OS.C24H24N6O2S.C21H16N6OS.C21H19N5OS/c1-13-14(2)33-23-20(13)21(17-7-5-16(12-27)6-8-17)28-19(22-30-29-15(3)31(22)23)11-18(32)9-10-24(4,25)26;1-14-15(2)33-24-21(14)22(18-6-4-17(13-25)5-7-18)26-19(23-28-27-16(3)30(23)24)12-20(31)29-8-10-32-11-9-29;1-11(28)10-16-20-26-25-13(3)27(20)21-17(18(23-5)12(2)29-21)19(24-16)14-6-8-15(22-4)9-7-14;1-11(27)9-17-20-25-24-14(4)26(20)21-18(12(2)13(3)28-21)19(23-17)16-7-5-15(10-22)6-8-16/h5-8,19H,9-11H2,1-4H3;4-7,19H,8-12H2,1-3H3;6-9,16H,10H2,1-3H3;5-8,17H,9H2,1-4H3/t2*19-;16-;17-/m0000/s1. The van der Waals surface area contributed by atoms with Crippen molar-refractivity contribution in [2.45, 2.75) is 166 Å². The molecule has 1 saturated heterocycles. The summed E-state index contributed by atoms with van der Waals surface area (Å²) < 4.78 is 39.9. The summed E-state index contributed by atoms with van der Waals surface area (Å²) in [5, 5.41) is 65.8. The maximum Gasteiger partial charge on any atom is 0.245 e. The Morgan fingerprint density at radius 1 is 0.447 bits per heavy atom. The third kappa shape index (κ3) is 17.4. The minimum Gasteiger partial charge on any atom is -0.378 e. The number of morpholine rings is 1. The van der Waals surface area contributed by atoms with E-state index in [0.29, 0.717) is 101 Å². The van der Waals surface area contributed by atoms with Crippen LogP contribution in [0, 0.1) is 123 Å². The van der Waals surface area contributed by atoms with Gasteiger partial charge in [-0.2, -0.15) is 15.8 Å². The van der Waals surface area contributed by atoms with Crippen LogP contribution in [-0.4, -0.2) is 142 Å². The zero-order valence-electron chi connectivity index (χ0n) is 69.9. The molecule has 123 heavy (non-hydrogen) atoms. The molecule has 0 unspecified atom stereocenters. The van der Waals surface area contributed by atoms with E-state index in [1.165, 1.54) is 28.0 Å². The molecule has 17 rings (SSSR count). The van der Waals surface area contributed by atoms with Crippen LogP contribution in [0.15, 0.2) is 117 Å². The van der Waals surface area contributed by atoms with Gasteiger partial charge < -0.3 is 9.64 Å². The zero-order chi connectivity index (χ0) is 87.7. The van der Waals surface area contributed by atoms with Crippen LogP contribution in [0.1, 0.15) is 227 Å². The average Bonchev–Trinajstić information content (AvgIpc) is 1.61. The summed E-state index contributed by atoms with van der Waals surface area (Å²) in [4.78, 5) is 83.2. The lowest BCUT2D eigenvalue weighted by Crippen LogP contribution is -2.41. The van der Waals surface area contributed by atoms with Crippen LogP contribution in [0.4, 0.5) is 20.2 Å². The van der Waals surface area contributed by atoms with Crippen molar-refractivity contribution in [3.63, 3.8) is 0 Å². The van der Waals surface area contributed by atoms with E-state index in [9.17, 15) is 38.5 Å². The predicted octanol–water partition coefficient (Wildman–Crippen LogP) is 17.6. The summed E-state index contributed by atoms with van der Waals surface area (Å²) in [6.45, 7) is 43.0. The lowest BCUT2D eigenvalue weighted by atomic mass is 9.98. The number of Topliss-reactive ketones (excluding diaryl/α,β-unsaturated/α-hetero) is 3. The molecule has 4 aromatic carbocycles. The van der Waals surface area contributed by atoms with Gasteiger partial charge in [0.1, 0.15) is 79.8 Å². The van der Waals surface area contributed by atoms with Crippen LogP contribution in [0.25, 0.3) is 29.7 Å². The zero-order valence-corrected chi connectivity index (χ0v) is 73.2. The molecule has 27 nitrogen and oxygen atoms in total. The van der Waals surface area contributed by atoms with E-state index in [0.717, 1.165) is 121 Å². The molecule has 0 spiro atoms. The number of aliphatic imine (C=N–C) groups is 4. The van der Waals surface area contributed by atoms with Crippen molar-refractivity contribution >= 4 is 103 Å². The van der Waals surface area contributed by atoms with Gasteiger partial charge >= 0.3 is 0 Å². The van der Waals surface area contributed by atoms with Crippen molar-refractivity contribution in [3.8, 4) is 38.2 Å². The SMILES string of the molecule is CC(=O)C[C@@H]1N=C(c2ccc(C#N)cc2)c2c(sc(C)c2C)-n2c(C)nnc21.Cc1sc2c(c1C)C(c1ccc(C#N)cc1)=N[C@@H](CC(=O)CCC(C)(F)F)c1nnc(C)n1-2.Cc1sc2c(c1C)C(c1ccc(C#N)cc1)=N[C@@H](CC(=O)N1CCOCC1)c1nnc(C)n1-2.[C-]#[N+]c1ccc(C2=N[C@@H](CC(C)=O)c3nnc(C)n3-c3sc(C)c([N+]#[C-])c32)cc1. The molecular weight excluding hydrogens is 1640 g/mol. The number of carbonyl (C=O) groups excluding carboxylic acids is 4. The van der Waals surface area contributed by atoms with Gasteiger partial charge in [-0.1, -0.05) is 60.7 Å². The third-order valence-corrected chi connectivity index (χ3v) is 26.5. The molecule has 1 amide bonds. The fraction of sp³-hybridized carbons (Fsp3) is 0.322. The number of ether oxygens (including phenoxy) is 1. The van der Waals surface area contributed by atoms with Gasteiger partial charge in [0.15, 0.2) is 29.0 Å². The van der Waals surface area contributed by atoms with E-state index in [-0.39, 0.29) is 55.4 Å². The molecule has 12 aromatic rings. The molecule has 8 aromatic heterocycles. The van der Waals surface area contributed by atoms with Crippen molar-refractivity contribution in [1.29, 1.82) is 15.8 Å². The van der Waals surface area contributed by atoms with Crippen molar-refractivity contribution in [3.05, 3.63) is 264 Å². The maximum absolute atomic E-state index is 13.3. The number of carbonyl (C=O) groups is 4. The van der Waals surface area contributed by atoms with E-state index in [2.05, 4.69) is 101 Å². The highest BCUT2D eigenvalue weighted by molar-refractivity contribution is 7.16. The van der Waals surface area contributed by atoms with Gasteiger partial charge in [0, 0.05) is 104 Å². The van der Waals surface area contributed by atoms with E-state index >= 15 is 0 Å². The Labute approximate surface area is 724 Å². The first-order valence-electron chi connectivity index (χ1n) is 39.5. The number of aromatic nitrogens is 12. The number of hydrogen-bond acceptors (Lipinski definition) is 24. The minimum absolute atomic E-state index is 0.000458. The van der Waals surface area contributed by atoms with Crippen LogP contribution >= 0.6 is 45.3 Å². The van der Waals surface area contributed by atoms with Crippen molar-refractivity contribution in [2.75, 3.05) is 26.3 Å². The number of nitriles is 3. The van der Waals surface area contributed by atoms with Crippen LogP contribution in [0.2, 0.25) is 0 Å². The van der Waals surface area contributed by atoms with Gasteiger partial charge in [0.05, 0.1) is 95.5 Å². The quantitative estimate of drug-likeness (QED) is 0.0861. The number of halogens is 2. The molecule has 13 heterocycles. The number of aryl methyl sites for hydroxylation is 8. The van der Waals surface area contributed by atoms with E-state index in [1.54, 1.807) is 89.5 Å². The number of amides is 1. The highest BCUT2D eigenvalue weighted by atomic mass is 32.1. The molecule has 1 fully saturated rings. The first kappa shape index (κ1) is 86.1. The van der Waals surface area contributed by atoms with Gasteiger partial charge in [-0.25, -0.2) is 18.5 Å². The highest BCUT2D eigenvalue weighted by Gasteiger charge is 2.39. The second-order valence-electron chi connectivity index (χ2n) is 30.5. The lowest BCUT2D eigenvalue weighted by molar-refractivity contribution is -0.135. The summed E-state index contributed by atoms with van der Waals surface area (Å²) in [5.41, 5.74) is 16.3.